The lowest BCUT2D eigenvalue weighted by molar-refractivity contribution is -0.113. The molecule has 1 N–H and O–H groups in total. The molecule has 8 heteroatoms. The van der Waals surface area contributed by atoms with Gasteiger partial charge >= 0.3 is 0 Å². The number of anilines is 1. The van der Waals surface area contributed by atoms with Crippen LogP contribution in [0.15, 0.2) is 78.0 Å². The van der Waals surface area contributed by atoms with Crippen LogP contribution in [0.25, 0.3) is 17.1 Å². The van der Waals surface area contributed by atoms with E-state index in [1.807, 2.05) is 66.9 Å². The van der Waals surface area contributed by atoms with Crippen LogP contribution in [0.5, 0.6) is 5.75 Å². The Hall–Kier alpha value is -3.29. The first-order valence-electron chi connectivity index (χ1n) is 10.5. The summed E-state index contributed by atoms with van der Waals surface area (Å²) in [7, 11) is 0. The highest BCUT2D eigenvalue weighted by Crippen LogP contribution is 2.29. The summed E-state index contributed by atoms with van der Waals surface area (Å²) in [5.41, 5.74) is 3.65. The zero-order valence-corrected chi connectivity index (χ0v) is 19.9. The molecule has 0 aliphatic carbocycles. The fraction of sp³-hybridized carbons (Fsp3) is 0.160. The number of carbonyl (C=O) groups is 1. The molecule has 6 nitrogen and oxygen atoms in total. The molecule has 0 fully saturated rings. The number of aryl methyl sites for hydroxylation is 1. The highest BCUT2D eigenvalue weighted by molar-refractivity contribution is 7.99. The Kier molecular flexibility index (Phi) is 7.32. The molecule has 1 heterocycles. The summed E-state index contributed by atoms with van der Waals surface area (Å²) in [5, 5.41) is 12.9. The molecular formula is C25H23ClN4O2S. The number of hydrogen-bond donors (Lipinski definition) is 1. The van der Waals surface area contributed by atoms with Gasteiger partial charge in [-0.2, -0.15) is 0 Å². The number of amides is 1. The first-order valence-corrected chi connectivity index (χ1v) is 11.8. The highest BCUT2D eigenvalue weighted by atomic mass is 35.5. The lowest BCUT2D eigenvalue weighted by Gasteiger charge is -2.12. The predicted molar refractivity (Wildman–Crippen MR) is 134 cm³/mol. The Morgan fingerprint density at radius 2 is 1.82 bits per heavy atom. The smallest absolute Gasteiger partial charge is 0.234 e. The predicted octanol–water partition coefficient (Wildman–Crippen LogP) is 6.03. The van der Waals surface area contributed by atoms with Crippen LogP contribution in [0, 0.1) is 6.92 Å². The van der Waals surface area contributed by atoms with Gasteiger partial charge in [0.2, 0.25) is 5.91 Å². The molecule has 0 bridgehead atoms. The Balaban J connectivity index is 1.60. The maximum Gasteiger partial charge on any atom is 0.234 e. The Morgan fingerprint density at radius 3 is 2.52 bits per heavy atom. The molecule has 33 heavy (non-hydrogen) atoms. The summed E-state index contributed by atoms with van der Waals surface area (Å²) in [4.78, 5) is 12.5. The van der Waals surface area contributed by atoms with E-state index in [1.54, 1.807) is 24.3 Å². The first-order chi connectivity index (χ1) is 16.0. The molecule has 4 rings (SSSR count). The quantitative estimate of drug-likeness (QED) is 0.313. The van der Waals surface area contributed by atoms with Crippen molar-refractivity contribution in [3.05, 3.63) is 83.4 Å². The van der Waals surface area contributed by atoms with Crippen molar-refractivity contribution in [2.45, 2.75) is 19.0 Å². The van der Waals surface area contributed by atoms with Crippen LogP contribution in [0.1, 0.15) is 12.5 Å². The van der Waals surface area contributed by atoms with Gasteiger partial charge in [-0.15, -0.1) is 10.2 Å². The summed E-state index contributed by atoms with van der Waals surface area (Å²) >= 11 is 7.32. The number of nitrogens with zero attached hydrogens (tertiary/aromatic N) is 3. The summed E-state index contributed by atoms with van der Waals surface area (Å²) < 4.78 is 7.53. The van der Waals surface area contributed by atoms with Gasteiger partial charge in [0, 0.05) is 22.0 Å². The molecule has 0 saturated heterocycles. The lowest BCUT2D eigenvalue weighted by atomic mass is 10.1. The summed E-state index contributed by atoms with van der Waals surface area (Å²) in [6.07, 6.45) is 0. The van der Waals surface area contributed by atoms with E-state index in [-0.39, 0.29) is 11.7 Å². The topological polar surface area (TPSA) is 69.0 Å². The molecule has 168 valence electrons. The molecular weight excluding hydrogens is 456 g/mol. The number of benzene rings is 3. The van der Waals surface area contributed by atoms with Crippen LogP contribution in [0.3, 0.4) is 0 Å². The number of hydrogen-bond acceptors (Lipinski definition) is 5. The second-order valence-electron chi connectivity index (χ2n) is 7.28. The number of ether oxygens (including phenoxy) is 1. The minimum Gasteiger partial charge on any atom is -0.494 e. The van der Waals surface area contributed by atoms with Gasteiger partial charge in [0.25, 0.3) is 0 Å². The van der Waals surface area contributed by atoms with Gasteiger partial charge in [-0.1, -0.05) is 59.3 Å². The van der Waals surface area contributed by atoms with Gasteiger partial charge in [0.1, 0.15) is 5.75 Å². The Morgan fingerprint density at radius 1 is 1.06 bits per heavy atom. The fourth-order valence-electron chi connectivity index (χ4n) is 3.24. The third-order valence-corrected chi connectivity index (χ3v) is 5.95. The van der Waals surface area contributed by atoms with Gasteiger partial charge in [-0.05, 0) is 56.3 Å². The largest absolute Gasteiger partial charge is 0.494 e. The van der Waals surface area contributed by atoms with E-state index in [0.717, 1.165) is 22.6 Å². The normalized spacial score (nSPS) is 10.8. The number of halogens is 1. The third kappa shape index (κ3) is 5.74. The van der Waals surface area contributed by atoms with E-state index in [4.69, 9.17) is 16.3 Å². The maximum atomic E-state index is 12.5. The monoisotopic (exact) mass is 478 g/mol. The molecule has 4 aromatic rings. The number of aromatic nitrogens is 3. The first kappa shape index (κ1) is 22.9. The zero-order valence-electron chi connectivity index (χ0n) is 18.3. The van der Waals surface area contributed by atoms with E-state index in [9.17, 15) is 4.79 Å². The van der Waals surface area contributed by atoms with Crippen LogP contribution < -0.4 is 10.1 Å². The van der Waals surface area contributed by atoms with E-state index < -0.39 is 0 Å². The Bertz CT molecular complexity index is 1240. The zero-order chi connectivity index (χ0) is 23.2. The highest BCUT2D eigenvalue weighted by Gasteiger charge is 2.17. The van der Waals surface area contributed by atoms with Gasteiger partial charge < -0.3 is 10.1 Å². The van der Waals surface area contributed by atoms with Crippen molar-refractivity contribution >= 4 is 35.0 Å². The molecule has 0 saturated carbocycles. The van der Waals surface area contributed by atoms with Gasteiger partial charge in [0.05, 0.1) is 12.4 Å². The summed E-state index contributed by atoms with van der Waals surface area (Å²) in [6, 6.07) is 22.9. The van der Waals surface area contributed by atoms with Crippen molar-refractivity contribution in [2.24, 2.45) is 0 Å². The number of rotatable bonds is 8. The van der Waals surface area contributed by atoms with Gasteiger partial charge in [-0.3, -0.25) is 9.36 Å². The van der Waals surface area contributed by atoms with E-state index >= 15 is 0 Å². The second-order valence-corrected chi connectivity index (χ2v) is 8.66. The van der Waals surface area contributed by atoms with Crippen molar-refractivity contribution in [3.63, 3.8) is 0 Å². The van der Waals surface area contributed by atoms with Crippen molar-refractivity contribution in [1.29, 1.82) is 0 Å². The molecule has 3 aromatic carbocycles. The lowest BCUT2D eigenvalue weighted by Crippen LogP contribution is -2.14. The van der Waals surface area contributed by atoms with Gasteiger partial charge in [0.15, 0.2) is 11.0 Å². The molecule has 0 radical (unpaired) electrons. The van der Waals surface area contributed by atoms with Crippen molar-refractivity contribution in [1.82, 2.24) is 14.8 Å². The number of nitrogens with one attached hydrogen (secondary N) is 1. The molecule has 0 atom stereocenters. The van der Waals surface area contributed by atoms with Crippen molar-refractivity contribution in [2.75, 3.05) is 17.7 Å². The van der Waals surface area contributed by atoms with E-state index in [1.165, 1.54) is 11.8 Å². The SMILES string of the molecule is CCOc1ccc(-n2c(SCC(=O)Nc3cccc(Cl)c3)nnc2-c2ccc(C)cc2)cc1. The Labute approximate surface area is 202 Å². The average molecular weight is 479 g/mol. The van der Waals surface area contributed by atoms with Crippen LogP contribution in [-0.4, -0.2) is 33.0 Å². The van der Waals surface area contributed by atoms with Gasteiger partial charge in [-0.25, -0.2) is 0 Å². The molecule has 0 unspecified atom stereocenters. The molecule has 0 spiro atoms. The fourth-order valence-corrected chi connectivity index (χ4v) is 4.18. The molecule has 1 amide bonds. The van der Waals surface area contributed by atoms with Crippen LogP contribution >= 0.6 is 23.4 Å². The molecule has 1 aromatic heterocycles. The minimum absolute atomic E-state index is 0.152. The van der Waals surface area contributed by atoms with Crippen LogP contribution in [0.2, 0.25) is 5.02 Å². The minimum atomic E-state index is -0.152. The van der Waals surface area contributed by atoms with E-state index in [2.05, 4.69) is 15.5 Å². The number of thioether (sulfide) groups is 1. The third-order valence-electron chi connectivity index (χ3n) is 4.79. The van der Waals surface area contributed by atoms with E-state index in [0.29, 0.717) is 28.3 Å². The van der Waals surface area contributed by atoms with Crippen molar-refractivity contribution < 1.29 is 9.53 Å². The van der Waals surface area contributed by atoms with Crippen LogP contribution in [0.4, 0.5) is 5.69 Å². The second kappa shape index (κ2) is 10.6. The van der Waals surface area contributed by atoms with Crippen LogP contribution in [-0.2, 0) is 4.79 Å². The maximum absolute atomic E-state index is 12.5. The summed E-state index contributed by atoms with van der Waals surface area (Å²) in [5.74, 6) is 1.52. The number of carbonyl (C=O) groups excluding carboxylic acids is 1. The molecule has 0 aliphatic rings. The summed E-state index contributed by atoms with van der Waals surface area (Å²) in [6.45, 7) is 4.59. The van der Waals surface area contributed by atoms with Crippen molar-refractivity contribution in [3.8, 4) is 22.8 Å². The average Bonchev–Trinajstić information content (AvgIpc) is 3.23. The molecule has 0 aliphatic heterocycles. The standard InChI is InChI=1S/C25H23ClN4O2S/c1-3-32-22-13-11-21(12-14-22)30-24(18-9-7-17(2)8-10-18)28-29-25(30)33-16-23(31)27-20-6-4-5-19(26)15-20/h4-15H,3,16H2,1-2H3,(H,27,31).